The first kappa shape index (κ1) is 22.7. The fraction of sp³-hybridized carbons (Fsp3) is 0.636. The van der Waals surface area contributed by atoms with Gasteiger partial charge in [-0.1, -0.05) is 44.2 Å². The van der Waals surface area contributed by atoms with Gasteiger partial charge in [0, 0.05) is 24.6 Å². The Morgan fingerprint density at radius 2 is 1.79 bits per heavy atom. The molecule has 5 nitrogen and oxygen atoms in total. The van der Waals surface area contributed by atoms with Gasteiger partial charge in [0.2, 0.25) is 11.8 Å². The average Bonchev–Trinajstić information content (AvgIpc) is 3.22. The van der Waals surface area contributed by atoms with Gasteiger partial charge in [0.05, 0.1) is 0 Å². The summed E-state index contributed by atoms with van der Waals surface area (Å²) in [6, 6.07) is 7.76. The fourth-order valence-corrected chi connectivity index (χ4v) is 4.55. The van der Waals surface area contributed by atoms with Crippen molar-refractivity contribution in [2.75, 3.05) is 11.9 Å². The molecule has 4 N–H and O–H groups in total. The number of amides is 2. The van der Waals surface area contributed by atoms with Crippen molar-refractivity contribution >= 4 is 29.9 Å². The zero-order valence-electron chi connectivity index (χ0n) is 16.7. The monoisotopic (exact) mass is 407 g/mol. The standard InChI is InChI=1S/C22H33N3O2.ClH/c23-16-22(11-4-1-5-12-22)14-20(26)24-15-17-7-6-10-19(13-17)25-21(27)18-8-2-3-9-18;/h6-7,10,13,18H,1-5,8-9,11-12,14-16,23H2,(H,24,26)(H,25,27);1H. The number of rotatable bonds is 7. The van der Waals surface area contributed by atoms with Gasteiger partial charge in [0.25, 0.3) is 0 Å². The predicted molar refractivity (Wildman–Crippen MR) is 115 cm³/mol. The number of hydrogen-bond acceptors (Lipinski definition) is 3. The number of nitrogens with two attached hydrogens (primary N) is 1. The second-order valence-corrected chi connectivity index (χ2v) is 8.39. The Hall–Kier alpha value is -1.59. The number of benzene rings is 1. The Labute approximate surface area is 174 Å². The smallest absolute Gasteiger partial charge is 0.227 e. The molecule has 0 spiro atoms. The van der Waals surface area contributed by atoms with Gasteiger partial charge >= 0.3 is 0 Å². The highest BCUT2D eigenvalue weighted by Crippen LogP contribution is 2.38. The van der Waals surface area contributed by atoms with Crippen molar-refractivity contribution in [1.82, 2.24) is 5.32 Å². The minimum absolute atomic E-state index is 0. The van der Waals surface area contributed by atoms with Gasteiger partial charge < -0.3 is 16.4 Å². The first-order chi connectivity index (χ1) is 13.1. The van der Waals surface area contributed by atoms with Crippen LogP contribution in [0, 0.1) is 11.3 Å². The van der Waals surface area contributed by atoms with Crippen LogP contribution in [0.5, 0.6) is 0 Å². The minimum Gasteiger partial charge on any atom is -0.352 e. The van der Waals surface area contributed by atoms with Crippen LogP contribution in [0.2, 0.25) is 0 Å². The molecule has 0 unspecified atom stereocenters. The zero-order chi connectivity index (χ0) is 19.1. The average molecular weight is 408 g/mol. The van der Waals surface area contributed by atoms with Gasteiger partial charge in [-0.25, -0.2) is 0 Å². The highest BCUT2D eigenvalue weighted by molar-refractivity contribution is 5.92. The summed E-state index contributed by atoms with van der Waals surface area (Å²) in [7, 11) is 0. The quantitative estimate of drug-likeness (QED) is 0.634. The molecule has 0 heterocycles. The van der Waals surface area contributed by atoms with E-state index in [2.05, 4.69) is 10.6 Å². The zero-order valence-corrected chi connectivity index (χ0v) is 17.5. The van der Waals surface area contributed by atoms with Gasteiger partial charge in [-0.15, -0.1) is 12.4 Å². The lowest BCUT2D eigenvalue weighted by Crippen LogP contribution is -2.38. The summed E-state index contributed by atoms with van der Waals surface area (Å²) in [4.78, 5) is 24.7. The van der Waals surface area contributed by atoms with Gasteiger partial charge in [0.15, 0.2) is 0 Å². The molecule has 2 fully saturated rings. The van der Waals surface area contributed by atoms with E-state index in [1.165, 1.54) is 19.3 Å². The molecule has 3 rings (SSSR count). The first-order valence-corrected chi connectivity index (χ1v) is 10.5. The Balaban J connectivity index is 0.00000280. The maximum absolute atomic E-state index is 12.4. The molecule has 2 saturated carbocycles. The van der Waals surface area contributed by atoms with Crippen molar-refractivity contribution in [3.8, 4) is 0 Å². The lowest BCUT2D eigenvalue weighted by molar-refractivity contribution is -0.124. The summed E-state index contributed by atoms with van der Waals surface area (Å²) in [5, 5.41) is 6.06. The Bertz CT molecular complexity index is 653. The summed E-state index contributed by atoms with van der Waals surface area (Å²) in [6.45, 7) is 1.07. The summed E-state index contributed by atoms with van der Waals surface area (Å²) in [5.74, 6) is 0.343. The van der Waals surface area contributed by atoms with Crippen LogP contribution < -0.4 is 16.4 Å². The number of carbonyl (C=O) groups excluding carboxylic acids is 2. The molecule has 0 aliphatic heterocycles. The van der Waals surface area contributed by atoms with Crippen LogP contribution in [0.15, 0.2) is 24.3 Å². The maximum atomic E-state index is 12.4. The summed E-state index contributed by atoms with van der Waals surface area (Å²) in [6.07, 6.45) is 10.5. The van der Waals surface area contributed by atoms with Crippen LogP contribution in [-0.4, -0.2) is 18.4 Å². The Kier molecular flexibility index (Phi) is 8.77. The van der Waals surface area contributed by atoms with Crippen molar-refractivity contribution in [3.05, 3.63) is 29.8 Å². The van der Waals surface area contributed by atoms with Crippen LogP contribution in [0.4, 0.5) is 5.69 Å². The van der Waals surface area contributed by atoms with Gasteiger partial charge in [-0.2, -0.15) is 0 Å². The topological polar surface area (TPSA) is 84.2 Å². The molecule has 1 aromatic carbocycles. The molecule has 0 atom stereocenters. The molecule has 156 valence electrons. The SMILES string of the molecule is Cl.NCC1(CC(=O)NCc2cccc(NC(=O)C3CCCC3)c2)CCCCC1. The molecular weight excluding hydrogens is 374 g/mol. The van der Waals surface area contributed by atoms with Crippen LogP contribution in [0.3, 0.4) is 0 Å². The van der Waals surface area contributed by atoms with E-state index in [9.17, 15) is 9.59 Å². The molecule has 6 heteroatoms. The van der Waals surface area contributed by atoms with E-state index in [0.29, 0.717) is 19.5 Å². The van der Waals surface area contributed by atoms with E-state index in [4.69, 9.17) is 5.73 Å². The first-order valence-electron chi connectivity index (χ1n) is 10.5. The minimum atomic E-state index is -0.0144. The summed E-state index contributed by atoms with van der Waals surface area (Å²) in [5.41, 5.74) is 7.78. The van der Waals surface area contributed by atoms with Crippen LogP contribution in [-0.2, 0) is 16.1 Å². The van der Waals surface area contributed by atoms with Crippen LogP contribution in [0.25, 0.3) is 0 Å². The molecule has 2 aliphatic rings. The normalized spacial score (nSPS) is 18.9. The highest BCUT2D eigenvalue weighted by Gasteiger charge is 2.32. The number of anilines is 1. The largest absolute Gasteiger partial charge is 0.352 e. The number of nitrogens with one attached hydrogen (secondary N) is 2. The Morgan fingerprint density at radius 1 is 1.07 bits per heavy atom. The molecule has 1 aromatic rings. The number of hydrogen-bond donors (Lipinski definition) is 3. The molecule has 0 bridgehead atoms. The maximum Gasteiger partial charge on any atom is 0.227 e. The summed E-state index contributed by atoms with van der Waals surface area (Å²) < 4.78 is 0. The second kappa shape index (κ2) is 10.8. The molecule has 0 radical (unpaired) electrons. The van der Waals surface area contributed by atoms with Crippen molar-refractivity contribution in [3.63, 3.8) is 0 Å². The molecule has 0 aromatic heterocycles. The summed E-state index contributed by atoms with van der Waals surface area (Å²) >= 11 is 0. The van der Waals surface area contributed by atoms with Gasteiger partial charge in [-0.05, 0) is 55.3 Å². The lowest BCUT2D eigenvalue weighted by Gasteiger charge is -2.35. The van der Waals surface area contributed by atoms with E-state index >= 15 is 0 Å². The van der Waals surface area contributed by atoms with Crippen molar-refractivity contribution in [2.45, 2.75) is 70.8 Å². The van der Waals surface area contributed by atoms with Gasteiger partial charge in [-0.3, -0.25) is 9.59 Å². The van der Waals surface area contributed by atoms with E-state index in [1.54, 1.807) is 0 Å². The van der Waals surface area contributed by atoms with E-state index < -0.39 is 0 Å². The number of halogens is 1. The lowest BCUT2D eigenvalue weighted by atomic mass is 9.71. The molecule has 2 aliphatic carbocycles. The van der Waals surface area contributed by atoms with Crippen LogP contribution in [0.1, 0.15) is 69.8 Å². The third-order valence-corrected chi connectivity index (χ3v) is 6.29. The predicted octanol–water partition coefficient (Wildman–Crippen LogP) is 4.15. The molecule has 28 heavy (non-hydrogen) atoms. The van der Waals surface area contributed by atoms with E-state index in [1.807, 2.05) is 24.3 Å². The third-order valence-electron chi connectivity index (χ3n) is 6.29. The Morgan fingerprint density at radius 3 is 2.46 bits per heavy atom. The fourth-order valence-electron chi connectivity index (χ4n) is 4.55. The third kappa shape index (κ3) is 6.21. The molecular formula is C22H34ClN3O2. The van der Waals surface area contributed by atoms with Crippen LogP contribution >= 0.6 is 12.4 Å². The second-order valence-electron chi connectivity index (χ2n) is 8.39. The van der Waals surface area contributed by atoms with Gasteiger partial charge in [0.1, 0.15) is 0 Å². The number of carbonyl (C=O) groups is 2. The van der Waals surface area contributed by atoms with E-state index in [-0.39, 0.29) is 35.6 Å². The van der Waals surface area contributed by atoms with E-state index in [0.717, 1.165) is 49.8 Å². The molecule has 2 amide bonds. The molecule has 0 saturated heterocycles. The van der Waals surface area contributed by atoms with Crippen molar-refractivity contribution < 1.29 is 9.59 Å². The van der Waals surface area contributed by atoms with Crippen molar-refractivity contribution in [1.29, 1.82) is 0 Å². The highest BCUT2D eigenvalue weighted by atomic mass is 35.5. The van der Waals surface area contributed by atoms with Crippen molar-refractivity contribution in [2.24, 2.45) is 17.1 Å².